The van der Waals surface area contributed by atoms with Gasteiger partial charge in [-0.05, 0) is 24.3 Å². The maximum Gasteiger partial charge on any atom is 0.417 e. The van der Waals surface area contributed by atoms with Crippen LogP contribution < -0.4 is 0 Å². The van der Waals surface area contributed by atoms with Gasteiger partial charge in [0, 0.05) is 11.8 Å². The topological polar surface area (TPSA) is 58.9 Å². The van der Waals surface area contributed by atoms with Crippen LogP contribution in [0.25, 0.3) is 28.2 Å². The Kier molecular flexibility index (Phi) is 2.68. The molecule has 116 valence electrons. The fourth-order valence-corrected chi connectivity index (χ4v) is 2.50. The molecule has 0 amide bonds. The summed E-state index contributed by atoms with van der Waals surface area (Å²) >= 11 is 0. The molecule has 0 bridgehead atoms. The first-order chi connectivity index (χ1) is 10.9. The third kappa shape index (κ3) is 2.04. The standard InChI is InChI=1S/C14H7F4N5/c15-7-1-2-8(9(5-7)14(16,17)18)13-22-21-11-6-20-12-10(23(11)13)3-4-19-12/h1-6,19H. The highest BCUT2D eigenvalue weighted by Crippen LogP contribution is 2.37. The minimum absolute atomic E-state index is 0.0284. The number of fused-ring (bicyclic) bond motifs is 3. The Labute approximate surface area is 125 Å². The summed E-state index contributed by atoms with van der Waals surface area (Å²) in [6.45, 7) is 0. The summed E-state index contributed by atoms with van der Waals surface area (Å²) in [5.74, 6) is -0.998. The van der Waals surface area contributed by atoms with Gasteiger partial charge in [-0.15, -0.1) is 10.2 Å². The van der Waals surface area contributed by atoms with Crippen molar-refractivity contribution in [3.05, 3.63) is 48.0 Å². The SMILES string of the molecule is Fc1ccc(-c2nnc3cnc4[nH]ccc4n23)c(C(F)(F)F)c1. The number of benzene rings is 1. The Morgan fingerprint density at radius 3 is 2.70 bits per heavy atom. The molecule has 0 fully saturated rings. The quantitative estimate of drug-likeness (QED) is 0.546. The zero-order valence-electron chi connectivity index (χ0n) is 11.3. The number of nitrogens with zero attached hydrogens (tertiary/aromatic N) is 4. The maximum absolute atomic E-state index is 13.3. The largest absolute Gasteiger partial charge is 0.417 e. The molecular formula is C14H7F4N5. The van der Waals surface area contributed by atoms with E-state index in [2.05, 4.69) is 20.2 Å². The van der Waals surface area contributed by atoms with Gasteiger partial charge in [-0.2, -0.15) is 13.2 Å². The molecule has 0 aliphatic carbocycles. The van der Waals surface area contributed by atoms with Gasteiger partial charge in [-0.3, -0.25) is 4.40 Å². The van der Waals surface area contributed by atoms with E-state index in [0.29, 0.717) is 22.9 Å². The van der Waals surface area contributed by atoms with E-state index < -0.39 is 17.6 Å². The highest BCUT2D eigenvalue weighted by atomic mass is 19.4. The van der Waals surface area contributed by atoms with Crippen LogP contribution in [0.5, 0.6) is 0 Å². The molecular weight excluding hydrogens is 314 g/mol. The third-order valence-electron chi connectivity index (χ3n) is 3.47. The lowest BCUT2D eigenvalue weighted by Gasteiger charge is -2.12. The number of hydrogen-bond donors (Lipinski definition) is 1. The van der Waals surface area contributed by atoms with Crippen LogP contribution in [0, 0.1) is 5.82 Å². The van der Waals surface area contributed by atoms with E-state index in [1.165, 1.54) is 10.6 Å². The zero-order valence-corrected chi connectivity index (χ0v) is 11.3. The lowest BCUT2D eigenvalue weighted by Crippen LogP contribution is -2.09. The Morgan fingerprint density at radius 1 is 1.09 bits per heavy atom. The highest BCUT2D eigenvalue weighted by Gasteiger charge is 2.35. The van der Waals surface area contributed by atoms with E-state index in [1.807, 2.05) is 0 Å². The molecule has 1 N–H and O–H groups in total. The van der Waals surface area contributed by atoms with E-state index >= 15 is 0 Å². The molecule has 3 aromatic heterocycles. The van der Waals surface area contributed by atoms with Crippen LogP contribution in [-0.2, 0) is 6.18 Å². The molecule has 23 heavy (non-hydrogen) atoms. The van der Waals surface area contributed by atoms with Crippen molar-refractivity contribution in [1.29, 1.82) is 0 Å². The second kappa shape index (κ2) is 4.51. The van der Waals surface area contributed by atoms with Gasteiger partial charge in [0.2, 0.25) is 0 Å². The van der Waals surface area contributed by atoms with Crippen LogP contribution in [0.4, 0.5) is 17.6 Å². The molecule has 0 aliphatic rings. The average Bonchev–Trinajstić information content (AvgIpc) is 3.11. The van der Waals surface area contributed by atoms with Crippen molar-refractivity contribution in [2.75, 3.05) is 0 Å². The zero-order chi connectivity index (χ0) is 16.2. The van der Waals surface area contributed by atoms with Crippen LogP contribution >= 0.6 is 0 Å². The van der Waals surface area contributed by atoms with E-state index in [1.54, 1.807) is 12.3 Å². The first kappa shape index (κ1) is 13.7. The van der Waals surface area contributed by atoms with Crippen LogP contribution in [-0.4, -0.2) is 24.6 Å². The molecule has 0 aliphatic heterocycles. The van der Waals surface area contributed by atoms with Crippen LogP contribution in [0.1, 0.15) is 5.56 Å². The van der Waals surface area contributed by atoms with Crippen molar-refractivity contribution >= 4 is 16.8 Å². The van der Waals surface area contributed by atoms with Crippen molar-refractivity contribution in [2.24, 2.45) is 0 Å². The van der Waals surface area contributed by atoms with Crippen molar-refractivity contribution < 1.29 is 17.6 Å². The number of hydrogen-bond acceptors (Lipinski definition) is 3. The maximum atomic E-state index is 13.3. The second-order valence-electron chi connectivity index (χ2n) is 4.87. The molecule has 5 nitrogen and oxygen atoms in total. The fraction of sp³-hybridized carbons (Fsp3) is 0.0714. The Bertz CT molecular complexity index is 1030. The normalized spacial score (nSPS) is 12.3. The number of H-pyrrole nitrogens is 1. The number of aromatic nitrogens is 5. The summed E-state index contributed by atoms with van der Waals surface area (Å²) in [7, 11) is 0. The van der Waals surface area contributed by atoms with Gasteiger partial charge < -0.3 is 4.98 Å². The van der Waals surface area contributed by atoms with Crippen LogP contribution in [0.2, 0.25) is 0 Å². The summed E-state index contributed by atoms with van der Waals surface area (Å²) in [5, 5.41) is 7.68. The van der Waals surface area contributed by atoms with Crippen LogP contribution in [0.15, 0.2) is 36.7 Å². The monoisotopic (exact) mass is 321 g/mol. The van der Waals surface area contributed by atoms with Gasteiger partial charge in [0.15, 0.2) is 17.1 Å². The minimum Gasteiger partial charge on any atom is -0.345 e. The average molecular weight is 321 g/mol. The fourth-order valence-electron chi connectivity index (χ4n) is 2.50. The molecule has 9 heteroatoms. The molecule has 4 aromatic rings. The molecule has 0 unspecified atom stereocenters. The Hall–Kier alpha value is -2.97. The minimum atomic E-state index is -4.71. The first-order valence-corrected chi connectivity index (χ1v) is 6.49. The summed E-state index contributed by atoms with van der Waals surface area (Å²) in [4.78, 5) is 6.96. The van der Waals surface area contributed by atoms with Crippen molar-refractivity contribution in [1.82, 2.24) is 24.6 Å². The van der Waals surface area contributed by atoms with E-state index in [9.17, 15) is 17.6 Å². The van der Waals surface area contributed by atoms with E-state index in [0.717, 1.165) is 12.1 Å². The molecule has 4 rings (SSSR count). The molecule has 0 radical (unpaired) electrons. The van der Waals surface area contributed by atoms with Gasteiger partial charge in [0.1, 0.15) is 5.82 Å². The number of aromatic amines is 1. The number of rotatable bonds is 1. The van der Waals surface area contributed by atoms with Gasteiger partial charge in [0.05, 0.1) is 17.3 Å². The molecule has 3 heterocycles. The predicted molar refractivity (Wildman–Crippen MR) is 73.0 cm³/mol. The summed E-state index contributed by atoms with van der Waals surface area (Å²) in [6, 6.07) is 4.11. The number of halogens is 4. The van der Waals surface area contributed by atoms with Crippen LogP contribution in [0.3, 0.4) is 0 Å². The van der Waals surface area contributed by atoms with Gasteiger partial charge in [-0.25, -0.2) is 9.37 Å². The molecule has 0 saturated heterocycles. The Morgan fingerprint density at radius 2 is 1.91 bits per heavy atom. The van der Waals surface area contributed by atoms with E-state index in [4.69, 9.17) is 0 Å². The smallest absolute Gasteiger partial charge is 0.345 e. The first-order valence-electron chi connectivity index (χ1n) is 6.49. The lowest BCUT2D eigenvalue weighted by molar-refractivity contribution is -0.137. The van der Waals surface area contributed by atoms with Gasteiger partial charge >= 0.3 is 6.18 Å². The van der Waals surface area contributed by atoms with Crippen molar-refractivity contribution in [3.8, 4) is 11.4 Å². The van der Waals surface area contributed by atoms with Crippen molar-refractivity contribution in [2.45, 2.75) is 6.18 Å². The summed E-state index contributed by atoms with van der Waals surface area (Å²) in [6.07, 6.45) is -1.71. The van der Waals surface area contributed by atoms with Crippen molar-refractivity contribution in [3.63, 3.8) is 0 Å². The third-order valence-corrected chi connectivity index (χ3v) is 3.47. The number of nitrogens with one attached hydrogen (secondary N) is 1. The second-order valence-corrected chi connectivity index (χ2v) is 4.87. The van der Waals surface area contributed by atoms with Gasteiger partial charge in [0.25, 0.3) is 0 Å². The predicted octanol–water partition coefficient (Wildman–Crippen LogP) is 3.43. The van der Waals surface area contributed by atoms with E-state index in [-0.39, 0.29) is 11.4 Å². The summed E-state index contributed by atoms with van der Waals surface area (Å²) in [5.41, 5.74) is -0.0499. The van der Waals surface area contributed by atoms with Gasteiger partial charge in [-0.1, -0.05) is 0 Å². The number of alkyl halides is 3. The molecule has 1 aromatic carbocycles. The molecule has 0 saturated carbocycles. The lowest BCUT2D eigenvalue weighted by atomic mass is 10.1. The molecule has 0 atom stereocenters. The Balaban J connectivity index is 2.09. The highest BCUT2D eigenvalue weighted by molar-refractivity contribution is 5.78. The molecule has 0 spiro atoms. The summed E-state index contributed by atoms with van der Waals surface area (Å²) < 4.78 is 54.4.